The van der Waals surface area contributed by atoms with Gasteiger partial charge >= 0.3 is 12.4 Å². The van der Waals surface area contributed by atoms with Gasteiger partial charge in [0.05, 0.1) is 68.3 Å². The summed E-state index contributed by atoms with van der Waals surface area (Å²) in [4.78, 5) is 40.0. The van der Waals surface area contributed by atoms with Crippen molar-refractivity contribution in [2.75, 3.05) is 37.9 Å². The van der Waals surface area contributed by atoms with Crippen LogP contribution in [0, 0.1) is 22.7 Å². The molecule has 2 amide bonds. The number of amides is 2. The summed E-state index contributed by atoms with van der Waals surface area (Å²) in [6, 6.07) is 19.6. The van der Waals surface area contributed by atoms with Crippen LogP contribution in [0.2, 0.25) is 0 Å². The number of ether oxygens (including phenoxy) is 1. The van der Waals surface area contributed by atoms with Crippen molar-refractivity contribution in [1.82, 2.24) is 64.4 Å². The van der Waals surface area contributed by atoms with Crippen LogP contribution >= 0.6 is 0 Å². The Kier molecular flexibility index (Phi) is 13.8. The van der Waals surface area contributed by atoms with E-state index in [4.69, 9.17) is 4.74 Å². The number of hydrogen-bond donors (Lipinski definition) is 2. The summed E-state index contributed by atoms with van der Waals surface area (Å²) >= 11 is 0. The monoisotopic (exact) mass is 975 g/mol. The lowest BCUT2D eigenvalue weighted by molar-refractivity contribution is -0.138. The highest BCUT2D eigenvalue weighted by molar-refractivity contribution is 6.06. The van der Waals surface area contributed by atoms with Crippen LogP contribution in [0.15, 0.2) is 104 Å². The smallest absolute Gasteiger partial charge is 0.383 e. The van der Waals surface area contributed by atoms with Gasteiger partial charge in [0, 0.05) is 31.3 Å². The Morgan fingerprint density at radius 3 is 1.68 bits per heavy atom. The predicted molar refractivity (Wildman–Crippen MR) is 237 cm³/mol. The third-order valence-corrected chi connectivity index (χ3v) is 10.6. The minimum atomic E-state index is -5.16. The molecule has 0 atom stereocenters. The van der Waals surface area contributed by atoms with E-state index in [2.05, 4.69) is 51.2 Å². The molecule has 2 N–H and O–H groups in total. The van der Waals surface area contributed by atoms with Gasteiger partial charge < -0.3 is 20.3 Å². The van der Waals surface area contributed by atoms with Gasteiger partial charge in [-0.2, -0.15) is 67.5 Å². The Balaban J connectivity index is 1.11. The summed E-state index contributed by atoms with van der Waals surface area (Å²) in [7, 11) is 2.88. The fourth-order valence-electron chi connectivity index (χ4n) is 7.50. The second-order valence-corrected chi connectivity index (χ2v) is 15.3. The van der Waals surface area contributed by atoms with Crippen LogP contribution in [0.4, 0.5) is 37.7 Å². The Hall–Kier alpha value is -9.14. The molecule has 0 fully saturated rings. The predicted octanol–water partition coefficient (Wildman–Crippen LogP) is 6.43. The van der Waals surface area contributed by atoms with Crippen molar-refractivity contribution < 1.29 is 40.7 Å². The molecule has 0 aliphatic rings. The quantitative estimate of drug-likeness (QED) is 0.0993. The largest absolute Gasteiger partial charge is 0.420 e. The molecule has 8 aromatic rings. The fraction of sp³-hybridized carbons (Fsp3) is 0.200. The van der Waals surface area contributed by atoms with E-state index in [0.29, 0.717) is 0 Å². The molecule has 0 unspecified atom stereocenters. The molecule has 6 aromatic heterocycles. The molecule has 0 radical (unpaired) electrons. The van der Waals surface area contributed by atoms with Crippen LogP contribution in [0.5, 0.6) is 0 Å². The van der Waals surface area contributed by atoms with E-state index in [1.165, 1.54) is 86.5 Å². The Bertz CT molecular complexity index is 3300. The highest BCUT2D eigenvalue weighted by Gasteiger charge is 2.44. The van der Waals surface area contributed by atoms with E-state index in [9.17, 15) is 20.1 Å². The van der Waals surface area contributed by atoms with E-state index in [0.717, 1.165) is 31.4 Å². The number of nitriles is 2. The molecule has 71 heavy (non-hydrogen) atoms. The minimum absolute atomic E-state index is 0.00337. The molecule has 0 aliphatic carbocycles. The lowest BCUT2D eigenvalue weighted by atomic mass is 9.99. The van der Waals surface area contributed by atoms with Gasteiger partial charge in [-0.05, 0) is 24.7 Å². The first-order valence-electron chi connectivity index (χ1n) is 20.9. The number of carbonyl (C=O) groups excluding carboxylic acids is 2. The molecule has 360 valence electrons. The number of methoxy groups -OCH3 is 1. The van der Waals surface area contributed by atoms with Crippen LogP contribution in [0.1, 0.15) is 48.8 Å². The summed E-state index contributed by atoms with van der Waals surface area (Å²) in [5.41, 5.74) is -5.70. The number of alkyl halides is 6. The highest BCUT2D eigenvalue weighted by atomic mass is 19.4. The zero-order valence-electron chi connectivity index (χ0n) is 37.1. The number of halogens is 6. The number of likely N-dealkylation sites (N-methyl/N-ethyl adjacent to an activating group) is 1. The number of rotatable bonds is 16. The van der Waals surface area contributed by atoms with E-state index < -0.39 is 58.1 Å². The first kappa shape index (κ1) is 48.3. The van der Waals surface area contributed by atoms with Crippen LogP contribution in [0.3, 0.4) is 0 Å². The van der Waals surface area contributed by atoms with Crippen LogP contribution < -0.4 is 10.6 Å². The van der Waals surface area contributed by atoms with Gasteiger partial charge in [-0.15, -0.1) is 9.59 Å². The lowest BCUT2D eigenvalue weighted by Gasteiger charge is -2.20. The summed E-state index contributed by atoms with van der Waals surface area (Å²) in [5, 5.41) is 48.7. The van der Waals surface area contributed by atoms with E-state index in [1.54, 1.807) is 24.1 Å². The normalized spacial score (nSPS) is 11.6. The van der Waals surface area contributed by atoms with Gasteiger partial charge in [0.1, 0.15) is 57.2 Å². The topological polar surface area (TPSA) is 241 Å². The number of nitrogens with zero attached hydrogens (tertiary/aromatic N) is 15. The van der Waals surface area contributed by atoms with Crippen LogP contribution in [-0.4, -0.2) is 104 Å². The average Bonchev–Trinajstić information content (AvgIpc) is 4.20. The van der Waals surface area contributed by atoms with Gasteiger partial charge in [-0.1, -0.05) is 54.6 Å². The lowest BCUT2D eigenvalue weighted by Crippen LogP contribution is -2.27. The summed E-state index contributed by atoms with van der Waals surface area (Å²) < 4.78 is 98.4. The van der Waals surface area contributed by atoms with Crippen LogP contribution in [-0.2, 0) is 36.7 Å². The number of anilines is 2. The Morgan fingerprint density at radius 1 is 0.690 bits per heavy atom. The van der Waals surface area contributed by atoms with Gasteiger partial charge in [0.25, 0.3) is 11.8 Å². The number of benzene rings is 2. The van der Waals surface area contributed by atoms with Crippen molar-refractivity contribution in [1.29, 1.82) is 10.5 Å². The van der Waals surface area contributed by atoms with Crippen molar-refractivity contribution in [3.63, 3.8) is 0 Å². The van der Waals surface area contributed by atoms with Crippen molar-refractivity contribution in [2.45, 2.75) is 32.0 Å². The molecule has 8 rings (SSSR count). The van der Waals surface area contributed by atoms with Crippen molar-refractivity contribution in [2.24, 2.45) is 0 Å². The third-order valence-electron chi connectivity index (χ3n) is 10.6. The Labute approximate surface area is 397 Å². The molecule has 6 heterocycles. The molecule has 26 heteroatoms. The molecule has 0 bridgehead atoms. The Morgan fingerprint density at radius 2 is 1.17 bits per heavy atom. The molecule has 0 spiro atoms. The highest BCUT2D eigenvalue weighted by Crippen LogP contribution is 2.42. The molecule has 0 aliphatic heterocycles. The zero-order chi connectivity index (χ0) is 50.5. The third kappa shape index (κ3) is 10.3. The molecule has 0 saturated carbocycles. The SMILES string of the molecule is COCCn1nc(-c2ccccc2CN(C)CCn2nc(-c3ccccc3)c(C(F)(F)F)c2C(=O)Nc2cnc(-n3nccn3)c(C#N)c2)c(C(F)(F)F)c1C(=O)Nc1cnc(-n2nccn2)c(C#N)c1. The van der Waals surface area contributed by atoms with Crippen LogP contribution in [0.25, 0.3) is 34.2 Å². The van der Waals surface area contributed by atoms with E-state index >= 15 is 26.3 Å². The first-order valence-corrected chi connectivity index (χ1v) is 20.9. The van der Waals surface area contributed by atoms with Crippen molar-refractivity contribution in [3.8, 4) is 46.3 Å². The standard InChI is InChI=1S/C45H35F6N17O3/c1-64(16-17-65-38(34(44(46,47)48)36(62-65)27-8-4-3-5-9-27)42(69)60-31-20-29(22-52)40(54-24-31)67-56-12-13-57-67)26-28-10-6-7-11-33(28)37-35(45(49,50)51)39(66(63-37)18-19-71-2)43(70)61-32-21-30(23-53)41(55-25-32)68-58-14-15-59-68/h3-15,20-21,24-25H,16-19,26H2,1-2H3,(H,60,69)(H,61,70). The van der Waals surface area contributed by atoms with Gasteiger partial charge in [-0.3, -0.25) is 19.0 Å². The van der Waals surface area contributed by atoms with Gasteiger partial charge in [0.15, 0.2) is 11.6 Å². The van der Waals surface area contributed by atoms with Gasteiger partial charge in [0.2, 0.25) is 0 Å². The van der Waals surface area contributed by atoms with Crippen molar-refractivity contribution in [3.05, 3.63) is 143 Å². The number of hydrogen-bond acceptors (Lipinski definition) is 14. The molecular weight excluding hydrogens is 941 g/mol. The van der Waals surface area contributed by atoms with Crippen molar-refractivity contribution >= 4 is 23.2 Å². The fourth-order valence-corrected chi connectivity index (χ4v) is 7.50. The second kappa shape index (κ2) is 20.2. The number of nitrogens with one attached hydrogen (secondary N) is 2. The number of pyridine rings is 2. The molecule has 0 saturated heterocycles. The summed E-state index contributed by atoms with van der Waals surface area (Å²) in [5.74, 6) is -2.45. The second-order valence-electron chi connectivity index (χ2n) is 15.3. The maximum Gasteiger partial charge on any atom is 0.420 e. The maximum atomic E-state index is 15.4. The molecule has 20 nitrogen and oxygen atoms in total. The maximum absolute atomic E-state index is 15.4. The zero-order valence-corrected chi connectivity index (χ0v) is 37.1. The van der Waals surface area contributed by atoms with Gasteiger partial charge in [-0.25, -0.2) is 9.97 Å². The number of carbonyl (C=O) groups is 2. The summed E-state index contributed by atoms with van der Waals surface area (Å²) in [6.45, 7) is -0.985. The van der Waals surface area contributed by atoms with E-state index in [-0.39, 0.29) is 83.6 Å². The molecule has 2 aromatic carbocycles. The summed E-state index contributed by atoms with van der Waals surface area (Å²) in [6.07, 6.45) is -2.63. The number of aromatic nitrogens is 12. The minimum Gasteiger partial charge on any atom is -0.383 e. The molecular formula is C45H35F6N17O3. The first-order chi connectivity index (χ1) is 34.1. The van der Waals surface area contributed by atoms with E-state index in [1.807, 2.05) is 12.1 Å². The average molecular weight is 976 g/mol.